The van der Waals surface area contributed by atoms with E-state index in [1.54, 1.807) is 24.9 Å². The summed E-state index contributed by atoms with van der Waals surface area (Å²) in [6, 6.07) is 5.84. The van der Waals surface area contributed by atoms with Crippen molar-refractivity contribution in [3.8, 4) is 0 Å². The Hall–Kier alpha value is -1.13. The fourth-order valence-electron chi connectivity index (χ4n) is 1.79. The summed E-state index contributed by atoms with van der Waals surface area (Å²) < 4.78 is 6.48. The molecule has 0 radical (unpaired) electrons. The maximum absolute atomic E-state index is 12.2. The van der Waals surface area contributed by atoms with E-state index in [2.05, 4.69) is 22.5 Å². The van der Waals surface area contributed by atoms with Crippen LogP contribution in [0.5, 0.6) is 0 Å². The van der Waals surface area contributed by atoms with Crippen LogP contribution >= 0.6 is 15.9 Å². The molecule has 0 aromatic heterocycles. The summed E-state index contributed by atoms with van der Waals surface area (Å²) in [5.74, 6) is -0.0468. The molecule has 0 aliphatic rings. The molecule has 0 N–H and O–H groups in total. The molecule has 3 nitrogen and oxygen atoms in total. The van der Waals surface area contributed by atoms with E-state index in [1.807, 2.05) is 25.1 Å². The Labute approximate surface area is 123 Å². The fourth-order valence-corrected chi connectivity index (χ4v) is 2.26. The van der Waals surface area contributed by atoms with Gasteiger partial charge in [0, 0.05) is 17.2 Å². The van der Waals surface area contributed by atoms with Gasteiger partial charge in [0.2, 0.25) is 0 Å². The molecular weight excluding hydrogens is 306 g/mol. The van der Waals surface area contributed by atoms with Crippen molar-refractivity contribution in [2.24, 2.45) is 0 Å². The van der Waals surface area contributed by atoms with E-state index in [9.17, 15) is 4.79 Å². The van der Waals surface area contributed by atoms with E-state index in [0.29, 0.717) is 6.61 Å². The average Bonchev–Trinajstić information content (AvgIpc) is 2.37. The van der Waals surface area contributed by atoms with E-state index in [1.165, 1.54) is 0 Å². The van der Waals surface area contributed by atoms with Crippen molar-refractivity contribution in [2.45, 2.75) is 26.4 Å². The number of hydrogen-bond donors (Lipinski definition) is 0. The van der Waals surface area contributed by atoms with Gasteiger partial charge in [-0.1, -0.05) is 22.0 Å². The second-order valence-corrected chi connectivity index (χ2v) is 5.33. The van der Waals surface area contributed by atoms with Gasteiger partial charge in [0.05, 0.1) is 6.61 Å². The highest BCUT2D eigenvalue weighted by Crippen LogP contribution is 2.23. The number of halogens is 1. The lowest BCUT2D eigenvalue weighted by atomic mass is 10.2. The normalized spacial score (nSPS) is 12.0. The lowest BCUT2D eigenvalue weighted by Crippen LogP contribution is -2.36. The predicted octanol–water partition coefficient (Wildman–Crippen LogP) is 3.70. The van der Waals surface area contributed by atoms with Gasteiger partial charge in [0.15, 0.2) is 0 Å². The zero-order valence-corrected chi connectivity index (χ0v) is 13.2. The summed E-state index contributed by atoms with van der Waals surface area (Å²) in [5.41, 5.74) is 1.94. The number of anilines is 1. The van der Waals surface area contributed by atoms with Crippen LogP contribution in [0.4, 0.5) is 5.69 Å². The van der Waals surface area contributed by atoms with E-state index < -0.39 is 6.10 Å². The monoisotopic (exact) mass is 325 g/mol. The van der Waals surface area contributed by atoms with Crippen LogP contribution in [0.3, 0.4) is 0 Å². The van der Waals surface area contributed by atoms with Crippen molar-refractivity contribution in [3.63, 3.8) is 0 Å². The van der Waals surface area contributed by atoms with Gasteiger partial charge in [-0.15, -0.1) is 6.58 Å². The predicted molar refractivity (Wildman–Crippen MR) is 82.5 cm³/mol. The Morgan fingerprint density at radius 2 is 2.26 bits per heavy atom. The topological polar surface area (TPSA) is 29.5 Å². The molecule has 0 saturated heterocycles. The molecule has 0 aliphatic heterocycles. The molecule has 1 unspecified atom stereocenters. The third-order valence-electron chi connectivity index (χ3n) is 2.89. The molecule has 1 atom stereocenters. The van der Waals surface area contributed by atoms with Crippen LogP contribution in [0.2, 0.25) is 0 Å². The second-order valence-electron chi connectivity index (χ2n) is 4.42. The quantitative estimate of drug-likeness (QED) is 0.589. The molecule has 19 heavy (non-hydrogen) atoms. The van der Waals surface area contributed by atoms with Crippen LogP contribution in [0.15, 0.2) is 35.3 Å². The number of carbonyl (C=O) groups excluding carboxylic acids is 1. The largest absolute Gasteiger partial charge is 0.368 e. The lowest BCUT2D eigenvalue weighted by Gasteiger charge is -2.23. The van der Waals surface area contributed by atoms with Gasteiger partial charge in [-0.3, -0.25) is 4.79 Å². The molecule has 0 aliphatic carbocycles. The number of nitrogens with zero attached hydrogens (tertiary/aromatic N) is 1. The Bertz CT molecular complexity index is 459. The average molecular weight is 326 g/mol. The first-order valence-electron chi connectivity index (χ1n) is 6.23. The Kier molecular flexibility index (Phi) is 6.25. The maximum atomic E-state index is 12.2. The molecule has 1 rings (SSSR count). The molecule has 4 heteroatoms. The third kappa shape index (κ3) is 4.48. The Morgan fingerprint density at radius 1 is 1.58 bits per heavy atom. The first kappa shape index (κ1) is 15.9. The molecule has 1 aromatic carbocycles. The number of aryl methyl sites for hydroxylation is 1. The summed E-state index contributed by atoms with van der Waals surface area (Å²) in [5, 5.41) is 0. The van der Waals surface area contributed by atoms with Crippen molar-refractivity contribution in [1.82, 2.24) is 0 Å². The number of ether oxygens (including phenoxy) is 1. The summed E-state index contributed by atoms with van der Waals surface area (Å²) in [6.07, 6.45) is 2.08. The number of rotatable bonds is 6. The van der Waals surface area contributed by atoms with E-state index in [4.69, 9.17) is 4.74 Å². The number of amides is 1. The van der Waals surface area contributed by atoms with Crippen LogP contribution in [0, 0.1) is 6.92 Å². The first-order chi connectivity index (χ1) is 8.97. The Morgan fingerprint density at radius 3 is 2.84 bits per heavy atom. The summed E-state index contributed by atoms with van der Waals surface area (Å²) in [4.78, 5) is 13.9. The van der Waals surface area contributed by atoms with Gasteiger partial charge in [0.25, 0.3) is 5.91 Å². The van der Waals surface area contributed by atoms with Crippen LogP contribution in [-0.2, 0) is 9.53 Å². The van der Waals surface area contributed by atoms with Crippen LogP contribution in [0.1, 0.15) is 18.9 Å². The molecule has 0 saturated carbocycles. The first-order valence-corrected chi connectivity index (χ1v) is 7.03. The maximum Gasteiger partial charge on any atom is 0.255 e. The van der Waals surface area contributed by atoms with Crippen LogP contribution in [0.25, 0.3) is 0 Å². The SMILES string of the molecule is C=CCCOC(C)C(=O)N(C)c1ccc(Br)cc1C. The minimum absolute atomic E-state index is 0.0468. The number of likely N-dealkylation sites (N-methyl/N-ethyl adjacent to an activating group) is 1. The fraction of sp³-hybridized carbons (Fsp3) is 0.400. The molecule has 0 spiro atoms. The van der Waals surface area contributed by atoms with Crippen molar-refractivity contribution < 1.29 is 9.53 Å². The standard InChI is InChI=1S/C15H20BrNO2/c1-5-6-9-19-12(3)15(18)17(4)14-8-7-13(16)10-11(14)2/h5,7-8,10,12H,1,6,9H2,2-4H3. The summed E-state index contributed by atoms with van der Waals surface area (Å²) >= 11 is 3.42. The Balaban J connectivity index is 2.72. The van der Waals surface area contributed by atoms with Crippen molar-refractivity contribution in [1.29, 1.82) is 0 Å². The van der Waals surface area contributed by atoms with Gasteiger partial charge in [-0.2, -0.15) is 0 Å². The van der Waals surface area contributed by atoms with Crippen molar-refractivity contribution >= 4 is 27.5 Å². The van der Waals surface area contributed by atoms with Gasteiger partial charge >= 0.3 is 0 Å². The molecule has 104 valence electrons. The number of carbonyl (C=O) groups is 1. The zero-order valence-electron chi connectivity index (χ0n) is 11.6. The smallest absolute Gasteiger partial charge is 0.255 e. The zero-order chi connectivity index (χ0) is 14.4. The van der Waals surface area contributed by atoms with Crippen LogP contribution < -0.4 is 4.90 Å². The van der Waals surface area contributed by atoms with Crippen molar-refractivity contribution in [3.05, 3.63) is 40.9 Å². The highest BCUT2D eigenvalue weighted by Gasteiger charge is 2.20. The molecule has 1 amide bonds. The van der Waals surface area contributed by atoms with Gasteiger partial charge in [-0.05, 0) is 44.0 Å². The molecule has 1 aromatic rings. The van der Waals surface area contributed by atoms with Gasteiger partial charge in [0.1, 0.15) is 6.10 Å². The molecular formula is C15H20BrNO2. The van der Waals surface area contributed by atoms with E-state index in [-0.39, 0.29) is 5.91 Å². The highest BCUT2D eigenvalue weighted by atomic mass is 79.9. The molecule has 0 bridgehead atoms. The minimum Gasteiger partial charge on any atom is -0.368 e. The van der Waals surface area contributed by atoms with E-state index in [0.717, 1.165) is 22.1 Å². The summed E-state index contributed by atoms with van der Waals surface area (Å²) in [6.45, 7) is 7.90. The van der Waals surface area contributed by atoms with Crippen molar-refractivity contribution in [2.75, 3.05) is 18.6 Å². The molecule has 0 fully saturated rings. The summed E-state index contributed by atoms with van der Waals surface area (Å²) in [7, 11) is 1.77. The van der Waals surface area contributed by atoms with Gasteiger partial charge in [-0.25, -0.2) is 0 Å². The molecule has 0 heterocycles. The van der Waals surface area contributed by atoms with Crippen LogP contribution in [-0.4, -0.2) is 25.7 Å². The third-order valence-corrected chi connectivity index (χ3v) is 3.38. The lowest BCUT2D eigenvalue weighted by molar-refractivity contribution is -0.128. The van der Waals surface area contributed by atoms with E-state index >= 15 is 0 Å². The number of benzene rings is 1. The second kappa shape index (κ2) is 7.46. The van der Waals surface area contributed by atoms with Gasteiger partial charge < -0.3 is 9.64 Å². The highest BCUT2D eigenvalue weighted by molar-refractivity contribution is 9.10. The number of hydrogen-bond acceptors (Lipinski definition) is 2. The minimum atomic E-state index is -0.451.